The van der Waals surface area contributed by atoms with Crippen LogP contribution in [-0.2, 0) is 9.53 Å². The van der Waals surface area contributed by atoms with E-state index < -0.39 is 30.8 Å². The van der Waals surface area contributed by atoms with Gasteiger partial charge in [-0.1, -0.05) is 13.3 Å². The van der Waals surface area contributed by atoms with Gasteiger partial charge in [0.1, 0.15) is 6.04 Å². The average molecular weight is 257 g/mol. The lowest BCUT2D eigenvalue weighted by Crippen LogP contribution is -2.46. The summed E-state index contributed by atoms with van der Waals surface area (Å²) in [7, 11) is 0. The Bertz CT molecular complexity index is 233. The number of rotatable bonds is 7. The van der Waals surface area contributed by atoms with E-state index in [1.54, 1.807) is 13.8 Å². The van der Waals surface area contributed by atoms with Crippen molar-refractivity contribution in [2.75, 3.05) is 13.2 Å². The van der Waals surface area contributed by atoms with Gasteiger partial charge in [-0.15, -0.1) is 0 Å². The summed E-state index contributed by atoms with van der Waals surface area (Å²) in [4.78, 5) is 11.3. The number of ether oxygens (including phenoxy) is 1. The van der Waals surface area contributed by atoms with Crippen molar-refractivity contribution in [3.63, 3.8) is 0 Å². The first-order valence-corrected chi connectivity index (χ1v) is 5.47. The number of aliphatic hydroxyl groups excluding tert-OH is 1. The third-order valence-electron chi connectivity index (χ3n) is 2.08. The predicted molar refractivity (Wildman–Crippen MR) is 55.4 cm³/mol. The average Bonchev–Trinajstić information content (AvgIpc) is 2.22. The van der Waals surface area contributed by atoms with Gasteiger partial charge in [0.05, 0.1) is 6.61 Å². The molecule has 2 atom stereocenters. The van der Waals surface area contributed by atoms with Crippen molar-refractivity contribution < 1.29 is 27.8 Å². The highest BCUT2D eigenvalue weighted by molar-refractivity contribution is 5.75. The van der Waals surface area contributed by atoms with Gasteiger partial charge in [0, 0.05) is 6.54 Å². The Labute approximate surface area is 98.1 Å². The van der Waals surface area contributed by atoms with Crippen molar-refractivity contribution in [3.8, 4) is 0 Å². The number of hydrogen-bond donors (Lipinski definition) is 2. The fraction of sp³-hybridized carbons (Fsp3) is 0.900. The van der Waals surface area contributed by atoms with Crippen LogP contribution < -0.4 is 5.32 Å². The zero-order valence-corrected chi connectivity index (χ0v) is 9.88. The zero-order valence-electron chi connectivity index (χ0n) is 9.88. The van der Waals surface area contributed by atoms with E-state index >= 15 is 0 Å². The second-order valence-corrected chi connectivity index (χ2v) is 3.56. The Morgan fingerprint density at radius 1 is 1.41 bits per heavy atom. The van der Waals surface area contributed by atoms with Crippen LogP contribution in [0.2, 0.25) is 0 Å². The molecule has 0 aliphatic heterocycles. The monoisotopic (exact) mass is 257 g/mol. The molecule has 0 radical (unpaired) electrons. The first kappa shape index (κ1) is 16.2. The summed E-state index contributed by atoms with van der Waals surface area (Å²) in [6, 6.07) is -0.808. The minimum absolute atomic E-state index is 0.169. The van der Waals surface area contributed by atoms with Crippen molar-refractivity contribution in [1.29, 1.82) is 0 Å². The first-order chi connectivity index (χ1) is 7.82. The van der Waals surface area contributed by atoms with Crippen LogP contribution in [0.5, 0.6) is 0 Å². The van der Waals surface area contributed by atoms with Gasteiger partial charge in [-0.3, -0.25) is 4.79 Å². The smallest absolute Gasteiger partial charge is 0.415 e. The van der Waals surface area contributed by atoms with Crippen LogP contribution in [0, 0.1) is 0 Å². The maximum absolute atomic E-state index is 12.0. The number of alkyl halides is 3. The zero-order chi connectivity index (χ0) is 13.5. The Morgan fingerprint density at radius 3 is 2.41 bits per heavy atom. The number of aliphatic hydroxyl groups is 1. The molecule has 0 aromatic carbocycles. The molecule has 0 aromatic rings. The molecular formula is C10H18F3NO3. The molecule has 0 aliphatic rings. The summed E-state index contributed by atoms with van der Waals surface area (Å²) in [6.07, 6.45) is -6.17. The maximum atomic E-state index is 12.0. The van der Waals surface area contributed by atoms with Crippen molar-refractivity contribution in [3.05, 3.63) is 0 Å². The quantitative estimate of drug-likeness (QED) is 0.673. The highest BCUT2D eigenvalue weighted by atomic mass is 19.4. The van der Waals surface area contributed by atoms with E-state index in [1.807, 2.05) is 0 Å². The highest BCUT2D eigenvalue weighted by Gasteiger charge is 2.38. The number of esters is 1. The van der Waals surface area contributed by atoms with Crippen LogP contribution in [0.15, 0.2) is 0 Å². The number of nitrogens with one attached hydrogen (secondary N) is 1. The molecule has 0 heterocycles. The molecule has 0 rings (SSSR count). The van der Waals surface area contributed by atoms with Crippen molar-refractivity contribution in [2.24, 2.45) is 0 Å². The Kier molecular flexibility index (Phi) is 7.13. The number of carbonyl (C=O) groups excluding carboxylic acids is 1. The molecule has 0 saturated heterocycles. The summed E-state index contributed by atoms with van der Waals surface area (Å²) in [5.41, 5.74) is 0. The lowest BCUT2D eigenvalue weighted by atomic mass is 10.1. The van der Waals surface area contributed by atoms with Crippen molar-refractivity contribution in [1.82, 2.24) is 5.32 Å². The van der Waals surface area contributed by atoms with Gasteiger partial charge in [0.2, 0.25) is 0 Å². The minimum atomic E-state index is -4.68. The van der Waals surface area contributed by atoms with E-state index in [9.17, 15) is 18.0 Å². The predicted octanol–water partition coefficient (Wildman–Crippen LogP) is 1.23. The van der Waals surface area contributed by atoms with Crippen LogP contribution in [0.1, 0.15) is 26.7 Å². The third-order valence-corrected chi connectivity index (χ3v) is 2.08. The molecule has 0 spiro atoms. The summed E-state index contributed by atoms with van der Waals surface area (Å²) < 4.78 is 40.8. The second-order valence-electron chi connectivity index (χ2n) is 3.56. The lowest BCUT2D eigenvalue weighted by molar-refractivity contribution is -0.202. The normalized spacial score (nSPS) is 15.4. The van der Waals surface area contributed by atoms with E-state index in [0.717, 1.165) is 0 Å². The highest BCUT2D eigenvalue weighted by Crippen LogP contribution is 2.19. The molecule has 0 aliphatic carbocycles. The van der Waals surface area contributed by atoms with Gasteiger partial charge in [0.15, 0.2) is 6.10 Å². The maximum Gasteiger partial charge on any atom is 0.415 e. The molecule has 4 nitrogen and oxygen atoms in total. The van der Waals surface area contributed by atoms with Gasteiger partial charge in [-0.2, -0.15) is 13.2 Å². The molecule has 2 unspecified atom stereocenters. The van der Waals surface area contributed by atoms with Crippen LogP contribution in [0.4, 0.5) is 13.2 Å². The second kappa shape index (κ2) is 7.50. The van der Waals surface area contributed by atoms with Crippen LogP contribution >= 0.6 is 0 Å². The molecule has 0 amide bonds. The molecule has 102 valence electrons. The molecule has 2 N–H and O–H groups in total. The van der Waals surface area contributed by atoms with Gasteiger partial charge in [-0.25, -0.2) is 0 Å². The van der Waals surface area contributed by atoms with Crippen LogP contribution in [0.25, 0.3) is 0 Å². The number of carbonyl (C=O) groups is 1. The van der Waals surface area contributed by atoms with Gasteiger partial charge in [-0.05, 0) is 13.3 Å². The topological polar surface area (TPSA) is 58.6 Å². The minimum Gasteiger partial charge on any atom is -0.465 e. The fourth-order valence-electron chi connectivity index (χ4n) is 1.20. The van der Waals surface area contributed by atoms with E-state index in [-0.39, 0.29) is 6.61 Å². The van der Waals surface area contributed by atoms with Crippen LogP contribution in [-0.4, -0.2) is 42.5 Å². The Morgan fingerprint density at radius 2 is 2.00 bits per heavy atom. The van der Waals surface area contributed by atoms with Crippen molar-refractivity contribution in [2.45, 2.75) is 45.0 Å². The Hall–Kier alpha value is -0.820. The van der Waals surface area contributed by atoms with E-state index in [0.29, 0.717) is 12.8 Å². The van der Waals surface area contributed by atoms with Crippen molar-refractivity contribution >= 4 is 5.97 Å². The molecular weight excluding hydrogens is 239 g/mol. The summed E-state index contributed by atoms with van der Waals surface area (Å²) in [5.74, 6) is -0.594. The molecule has 0 bridgehead atoms. The van der Waals surface area contributed by atoms with E-state index in [1.165, 1.54) is 0 Å². The summed E-state index contributed by atoms with van der Waals surface area (Å²) in [6.45, 7) is 2.87. The van der Waals surface area contributed by atoms with Gasteiger partial charge in [0.25, 0.3) is 0 Å². The molecule has 0 aromatic heterocycles. The molecule has 7 heteroatoms. The van der Waals surface area contributed by atoms with Gasteiger partial charge >= 0.3 is 12.1 Å². The third kappa shape index (κ3) is 6.48. The number of halogens is 3. The van der Waals surface area contributed by atoms with Crippen LogP contribution in [0.3, 0.4) is 0 Å². The van der Waals surface area contributed by atoms with E-state index in [4.69, 9.17) is 9.84 Å². The first-order valence-electron chi connectivity index (χ1n) is 5.47. The summed E-state index contributed by atoms with van der Waals surface area (Å²) in [5, 5.41) is 11.1. The standard InChI is InChI=1S/C10H18F3NO3/c1-3-5-7(9(16)17-4-2)14-6-8(15)10(11,12)13/h7-8,14-15H,3-6H2,1-2H3. The molecule has 17 heavy (non-hydrogen) atoms. The largest absolute Gasteiger partial charge is 0.465 e. The lowest BCUT2D eigenvalue weighted by Gasteiger charge is -2.20. The van der Waals surface area contributed by atoms with Gasteiger partial charge < -0.3 is 15.2 Å². The summed E-state index contributed by atoms with van der Waals surface area (Å²) >= 11 is 0. The number of hydrogen-bond acceptors (Lipinski definition) is 4. The fourth-order valence-corrected chi connectivity index (χ4v) is 1.20. The van der Waals surface area contributed by atoms with E-state index in [2.05, 4.69) is 5.32 Å². The molecule has 0 saturated carbocycles. The SMILES string of the molecule is CCCC(NCC(O)C(F)(F)F)C(=O)OCC. The molecule has 0 fully saturated rings. The Balaban J connectivity index is 4.22.